The van der Waals surface area contributed by atoms with Gasteiger partial charge in [-0.1, -0.05) is 26.0 Å². The van der Waals surface area contributed by atoms with Gasteiger partial charge in [0.2, 0.25) is 0 Å². The third-order valence-corrected chi connectivity index (χ3v) is 3.56. The summed E-state index contributed by atoms with van der Waals surface area (Å²) in [4.78, 5) is 0. The van der Waals surface area contributed by atoms with E-state index in [0.29, 0.717) is 16.5 Å². The third-order valence-electron chi connectivity index (χ3n) is 2.13. The third kappa shape index (κ3) is 3.20. The standard InChI is InChI=1S/C10H19NS/c1-8(2)12-10-7-5-3-4-6-9(10)11/h3,5,8-10H,4,6-7,11H2,1-2H3. The Hall–Kier alpha value is 0.0500. The maximum Gasteiger partial charge on any atom is 0.0236 e. The summed E-state index contributed by atoms with van der Waals surface area (Å²) in [5, 5.41) is 1.34. The predicted octanol–water partition coefficient (Wildman–Crippen LogP) is 2.56. The Kier molecular flexibility index (Phi) is 4.16. The number of thioether (sulfide) groups is 1. The summed E-state index contributed by atoms with van der Waals surface area (Å²) in [6.45, 7) is 4.48. The summed E-state index contributed by atoms with van der Waals surface area (Å²) in [5.74, 6) is 0. The quantitative estimate of drug-likeness (QED) is 0.669. The van der Waals surface area contributed by atoms with Gasteiger partial charge in [-0.3, -0.25) is 0 Å². The monoisotopic (exact) mass is 185 g/mol. The van der Waals surface area contributed by atoms with Gasteiger partial charge in [0.25, 0.3) is 0 Å². The Balaban J connectivity index is 2.42. The number of rotatable bonds is 2. The van der Waals surface area contributed by atoms with Crippen LogP contribution in [0.15, 0.2) is 12.2 Å². The lowest BCUT2D eigenvalue weighted by atomic mass is 10.1. The van der Waals surface area contributed by atoms with Gasteiger partial charge >= 0.3 is 0 Å². The molecule has 0 aliphatic heterocycles. The molecule has 2 N–H and O–H groups in total. The van der Waals surface area contributed by atoms with E-state index in [2.05, 4.69) is 26.0 Å². The normalized spacial score (nSPS) is 30.7. The minimum Gasteiger partial charge on any atom is -0.327 e. The molecule has 0 fully saturated rings. The first-order chi connectivity index (χ1) is 5.70. The summed E-state index contributed by atoms with van der Waals surface area (Å²) in [6.07, 6.45) is 8.02. The van der Waals surface area contributed by atoms with Crippen LogP contribution in [0.25, 0.3) is 0 Å². The summed E-state index contributed by atoms with van der Waals surface area (Å²) in [6, 6.07) is 0.396. The maximum absolute atomic E-state index is 6.07. The Morgan fingerprint density at radius 1 is 1.42 bits per heavy atom. The lowest BCUT2D eigenvalue weighted by Crippen LogP contribution is -2.32. The Morgan fingerprint density at radius 3 is 2.83 bits per heavy atom. The van der Waals surface area contributed by atoms with Crippen molar-refractivity contribution in [2.24, 2.45) is 5.73 Å². The van der Waals surface area contributed by atoms with Crippen LogP contribution in [0.3, 0.4) is 0 Å². The number of hydrogen-bond donors (Lipinski definition) is 1. The molecule has 0 spiro atoms. The van der Waals surface area contributed by atoms with Crippen molar-refractivity contribution in [3.63, 3.8) is 0 Å². The molecule has 0 aromatic heterocycles. The summed E-state index contributed by atoms with van der Waals surface area (Å²) >= 11 is 2.02. The summed E-state index contributed by atoms with van der Waals surface area (Å²) < 4.78 is 0. The first kappa shape index (κ1) is 10.1. The van der Waals surface area contributed by atoms with Gasteiger partial charge in [-0.2, -0.15) is 11.8 Å². The van der Waals surface area contributed by atoms with Crippen LogP contribution in [0, 0.1) is 0 Å². The topological polar surface area (TPSA) is 26.0 Å². The first-order valence-electron chi connectivity index (χ1n) is 4.76. The van der Waals surface area contributed by atoms with Crippen LogP contribution in [-0.4, -0.2) is 16.5 Å². The van der Waals surface area contributed by atoms with Crippen LogP contribution in [0.5, 0.6) is 0 Å². The average Bonchev–Trinajstić information content (AvgIpc) is 2.16. The molecule has 1 nitrogen and oxygen atoms in total. The van der Waals surface area contributed by atoms with E-state index in [1.807, 2.05) is 11.8 Å². The van der Waals surface area contributed by atoms with Crippen molar-refractivity contribution >= 4 is 11.8 Å². The highest BCUT2D eigenvalue weighted by atomic mass is 32.2. The van der Waals surface area contributed by atoms with E-state index >= 15 is 0 Å². The molecule has 0 amide bonds. The number of hydrogen-bond acceptors (Lipinski definition) is 2. The Labute approximate surface area is 79.8 Å². The van der Waals surface area contributed by atoms with Crippen molar-refractivity contribution in [1.29, 1.82) is 0 Å². The summed E-state index contributed by atoms with van der Waals surface area (Å²) in [5.41, 5.74) is 6.07. The van der Waals surface area contributed by atoms with Crippen molar-refractivity contribution in [1.82, 2.24) is 0 Å². The van der Waals surface area contributed by atoms with Crippen molar-refractivity contribution in [2.45, 2.75) is 49.7 Å². The molecular weight excluding hydrogens is 166 g/mol. The van der Waals surface area contributed by atoms with E-state index in [0.717, 1.165) is 19.3 Å². The van der Waals surface area contributed by atoms with E-state index in [9.17, 15) is 0 Å². The van der Waals surface area contributed by atoms with Gasteiger partial charge in [0.15, 0.2) is 0 Å². The van der Waals surface area contributed by atoms with Gasteiger partial charge in [-0.05, 0) is 24.5 Å². The average molecular weight is 185 g/mol. The Bertz CT molecular complexity index is 154. The van der Waals surface area contributed by atoms with Gasteiger partial charge in [0.1, 0.15) is 0 Å². The maximum atomic E-state index is 6.07. The highest BCUT2D eigenvalue weighted by molar-refractivity contribution is 8.00. The second kappa shape index (κ2) is 4.93. The zero-order chi connectivity index (χ0) is 8.97. The highest BCUT2D eigenvalue weighted by Gasteiger charge is 2.19. The minimum absolute atomic E-state index is 0.396. The molecule has 2 atom stereocenters. The van der Waals surface area contributed by atoms with Crippen molar-refractivity contribution in [3.05, 3.63) is 12.2 Å². The summed E-state index contributed by atoms with van der Waals surface area (Å²) in [7, 11) is 0. The molecule has 0 aromatic carbocycles. The molecule has 0 aromatic rings. The smallest absolute Gasteiger partial charge is 0.0236 e. The molecule has 1 aliphatic rings. The van der Waals surface area contributed by atoms with Crippen molar-refractivity contribution in [3.8, 4) is 0 Å². The van der Waals surface area contributed by atoms with E-state index in [1.54, 1.807) is 0 Å². The number of allylic oxidation sites excluding steroid dienone is 2. The van der Waals surface area contributed by atoms with Gasteiger partial charge in [-0.25, -0.2) is 0 Å². The first-order valence-corrected chi connectivity index (χ1v) is 5.70. The van der Waals surface area contributed by atoms with Gasteiger partial charge < -0.3 is 5.73 Å². The van der Waals surface area contributed by atoms with Crippen LogP contribution in [0.2, 0.25) is 0 Å². The zero-order valence-electron chi connectivity index (χ0n) is 7.99. The van der Waals surface area contributed by atoms with Crippen LogP contribution in [0.4, 0.5) is 0 Å². The van der Waals surface area contributed by atoms with E-state index in [4.69, 9.17) is 5.73 Å². The second-order valence-electron chi connectivity index (χ2n) is 3.67. The number of nitrogens with two attached hydrogens (primary N) is 1. The molecule has 12 heavy (non-hydrogen) atoms. The van der Waals surface area contributed by atoms with Gasteiger partial charge in [0.05, 0.1) is 0 Å². The molecule has 1 rings (SSSR count). The SMILES string of the molecule is CC(C)SC1CC=CCCC1N. The molecule has 0 radical (unpaired) electrons. The second-order valence-corrected chi connectivity index (χ2v) is 5.49. The van der Waals surface area contributed by atoms with Crippen LogP contribution < -0.4 is 5.73 Å². The fraction of sp³-hybridized carbons (Fsp3) is 0.800. The lowest BCUT2D eigenvalue weighted by Gasteiger charge is -2.22. The lowest BCUT2D eigenvalue weighted by molar-refractivity contribution is 0.605. The van der Waals surface area contributed by atoms with Crippen molar-refractivity contribution in [2.75, 3.05) is 0 Å². The van der Waals surface area contributed by atoms with E-state index < -0.39 is 0 Å². The van der Waals surface area contributed by atoms with Gasteiger partial charge in [-0.15, -0.1) is 0 Å². The Morgan fingerprint density at radius 2 is 2.17 bits per heavy atom. The molecule has 0 saturated heterocycles. The molecule has 0 saturated carbocycles. The van der Waals surface area contributed by atoms with Gasteiger partial charge in [0, 0.05) is 11.3 Å². The predicted molar refractivity (Wildman–Crippen MR) is 57.5 cm³/mol. The molecular formula is C10H19NS. The van der Waals surface area contributed by atoms with Crippen molar-refractivity contribution < 1.29 is 0 Å². The molecule has 2 heteroatoms. The molecule has 0 heterocycles. The zero-order valence-corrected chi connectivity index (χ0v) is 8.81. The highest BCUT2D eigenvalue weighted by Crippen LogP contribution is 2.26. The van der Waals surface area contributed by atoms with Crippen LogP contribution in [0.1, 0.15) is 33.1 Å². The largest absolute Gasteiger partial charge is 0.327 e. The van der Waals surface area contributed by atoms with E-state index in [1.165, 1.54) is 0 Å². The molecule has 2 unspecified atom stereocenters. The minimum atomic E-state index is 0.396. The van der Waals surface area contributed by atoms with Crippen LogP contribution >= 0.6 is 11.8 Å². The molecule has 1 aliphatic carbocycles. The fourth-order valence-electron chi connectivity index (χ4n) is 1.50. The van der Waals surface area contributed by atoms with Crippen LogP contribution in [-0.2, 0) is 0 Å². The molecule has 70 valence electrons. The molecule has 0 bridgehead atoms. The fourth-order valence-corrected chi connectivity index (χ4v) is 2.76. The van der Waals surface area contributed by atoms with E-state index in [-0.39, 0.29) is 0 Å².